The van der Waals surface area contributed by atoms with Crippen molar-refractivity contribution in [3.63, 3.8) is 0 Å². The van der Waals surface area contributed by atoms with E-state index in [9.17, 15) is 0 Å². The van der Waals surface area contributed by atoms with Crippen LogP contribution in [0.3, 0.4) is 0 Å². The summed E-state index contributed by atoms with van der Waals surface area (Å²) in [5, 5.41) is 4.90. The van der Waals surface area contributed by atoms with E-state index in [1.54, 1.807) is 0 Å². The fourth-order valence-corrected chi connectivity index (χ4v) is 2.94. The number of rotatable bonds is 1. The zero-order chi connectivity index (χ0) is 13.4. The maximum absolute atomic E-state index is 6.05. The fraction of sp³-hybridized carbons (Fsp3) is 0.429. The van der Waals surface area contributed by atoms with Crippen LogP contribution in [-0.2, 0) is 0 Å². The Bertz CT molecular complexity index is 591. The van der Waals surface area contributed by atoms with E-state index in [0.717, 1.165) is 29.8 Å². The zero-order valence-electron chi connectivity index (χ0n) is 11.1. The van der Waals surface area contributed by atoms with Crippen LogP contribution in [0.1, 0.15) is 13.8 Å². The lowest BCUT2D eigenvalue weighted by Crippen LogP contribution is -2.54. The van der Waals surface area contributed by atoms with Crippen LogP contribution in [-0.4, -0.2) is 35.1 Å². The molecule has 5 heteroatoms. The van der Waals surface area contributed by atoms with Gasteiger partial charge in [-0.3, -0.25) is 0 Å². The van der Waals surface area contributed by atoms with Crippen LogP contribution in [0.5, 0.6) is 0 Å². The summed E-state index contributed by atoms with van der Waals surface area (Å²) >= 11 is 6.05. The lowest BCUT2D eigenvalue weighted by Gasteiger charge is -2.37. The first-order valence-corrected chi connectivity index (χ1v) is 6.94. The SMILES string of the molecule is C[C@@H]1CN(c2nc(Cl)nc3ccccc23)C[C@H](C)N1. The molecule has 1 aromatic heterocycles. The summed E-state index contributed by atoms with van der Waals surface area (Å²) in [4.78, 5) is 11.0. The van der Waals surface area contributed by atoms with Crippen molar-refractivity contribution in [1.29, 1.82) is 0 Å². The summed E-state index contributed by atoms with van der Waals surface area (Å²) in [6, 6.07) is 8.89. The zero-order valence-corrected chi connectivity index (χ0v) is 11.9. The highest BCUT2D eigenvalue weighted by Crippen LogP contribution is 2.26. The van der Waals surface area contributed by atoms with Gasteiger partial charge < -0.3 is 10.2 Å². The van der Waals surface area contributed by atoms with Crippen molar-refractivity contribution < 1.29 is 0 Å². The van der Waals surface area contributed by atoms with Gasteiger partial charge in [0.2, 0.25) is 5.28 Å². The molecule has 0 saturated carbocycles. The summed E-state index contributed by atoms with van der Waals surface area (Å²) in [6.45, 7) is 6.24. The summed E-state index contributed by atoms with van der Waals surface area (Å²) in [5.41, 5.74) is 0.899. The Morgan fingerprint density at radius 1 is 1.16 bits per heavy atom. The highest BCUT2D eigenvalue weighted by molar-refractivity contribution is 6.28. The third kappa shape index (κ3) is 2.51. The molecule has 2 atom stereocenters. The van der Waals surface area contributed by atoms with Crippen molar-refractivity contribution in [1.82, 2.24) is 15.3 Å². The standard InChI is InChI=1S/C14H17ClN4/c1-9-7-19(8-10(2)16-9)13-11-5-3-4-6-12(11)17-14(15)18-13/h3-6,9-10,16H,7-8H2,1-2H3/t9-,10+. The molecular weight excluding hydrogens is 260 g/mol. The summed E-state index contributed by atoms with van der Waals surface area (Å²) in [6.07, 6.45) is 0. The minimum absolute atomic E-state index is 0.313. The molecule has 3 rings (SSSR count). The Hall–Kier alpha value is -1.39. The smallest absolute Gasteiger partial charge is 0.224 e. The Kier molecular flexibility index (Phi) is 3.29. The van der Waals surface area contributed by atoms with E-state index in [1.165, 1.54) is 0 Å². The highest BCUT2D eigenvalue weighted by Gasteiger charge is 2.23. The summed E-state index contributed by atoms with van der Waals surface area (Å²) < 4.78 is 0. The first-order chi connectivity index (χ1) is 9.13. The maximum Gasteiger partial charge on any atom is 0.224 e. The van der Waals surface area contributed by atoms with Crippen LogP contribution in [0, 0.1) is 0 Å². The van der Waals surface area contributed by atoms with Gasteiger partial charge in [-0.15, -0.1) is 0 Å². The third-order valence-corrected chi connectivity index (χ3v) is 3.58. The van der Waals surface area contributed by atoms with E-state index in [2.05, 4.69) is 40.1 Å². The van der Waals surface area contributed by atoms with Gasteiger partial charge in [0, 0.05) is 30.6 Å². The van der Waals surface area contributed by atoms with E-state index in [1.807, 2.05) is 18.2 Å². The van der Waals surface area contributed by atoms with Gasteiger partial charge in [-0.25, -0.2) is 4.98 Å². The minimum Gasteiger partial charge on any atom is -0.353 e. The molecular formula is C14H17ClN4. The first-order valence-electron chi connectivity index (χ1n) is 6.57. The second-order valence-corrected chi connectivity index (χ2v) is 5.55. The maximum atomic E-state index is 6.05. The lowest BCUT2D eigenvalue weighted by molar-refractivity contribution is 0.406. The molecule has 2 aromatic rings. The topological polar surface area (TPSA) is 41.1 Å². The predicted molar refractivity (Wildman–Crippen MR) is 78.8 cm³/mol. The average molecular weight is 277 g/mol. The molecule has 1 fully saturated rings. The van der Waals surface area contributed by atoms with E-state index < -0.39 is 0 Å². The van der Waals surface area contributed by atoms with Crippen molar-refractivity contribution in [2.75, 3.05) is 18.0 Å². The molecule has 1 aliphatic rings. The molecule has 1 aromatic carbocycles. The van der Waals surface area contributed by atoms with Gasteiger partial charge >= 0.3 is 0 Å². The van der Waals surface area contributed by atoms with Crippen LogP contribution >= 0.6 is 11.6 Å². The van der Waals surface area contributed by atoms with Gasteiger partial charge in [0.25, 0.3) is 0 Å². The Labute approximate surface area is 117 Å². The van der Waals surface area contributed by atoms with Gasteiger partial charge in [-0.2, -0.15) is 4.98 Å². The molecule has 1 N–H and O–H groups in total. The molecule has 0 amide bonds. The number of aromatic nitrogens is 2. The van der Waals surface area contributed by atoms with E-state index in [0.29, 0.717) is 17.4 Å². The van der Waals surface area contributed by atoms with Gasteiger partial charge in [-0.05, 0) is 37.6 Å². The van der Waals surface area contributed by atoms with Crippen molar-refractivity contribution >= 4 is 28.3 Å². The predicted octanol–water partition coefficient (Wildman–Crippen LogP) is 2.47. The van der Waals surface area contributed by atoms with Gasteiger partial charge in [0.1, 0.15) is 5.82 Å². The van der Waals surface area contributed by atoms with Gasteiger partial charge in [-0.1, -0.05) is 12.1 Å². The number of benzene rings is 1. The number of nitrogens with zero attached hydrogens (tertiary/aromatic N) is 3. The Morgan fingerprint density at radius 3 is 2.58 bits per heavy atom. The average Bonchev–Trinajstić information content (AvgIpc) is 2.36. The second kappa shape index (κ2) is 4.94. The van der Waals surface area contributed by atoms with E-state index in [4.69, 9.17) is 11.6 Å². The molecule has 2 heterocycles. The van der Waals surface area contributed by atoms with Crippen LogP contribution < -0.4 is 10.2 Å². The van der Waals surface area contributed by atoms with Gasteiger partial charge in [0.05, 0.1) is 5.52 Å². The number of fused-ring (bicyclic) bond motifs is 1. The number of piperazine rings is 1. The molecule has 1 saturated heterocycles. The quantitative estimate of drug-likeness (QED) is 0.813. The Balaban J connectivity index is 2.08. The largest absolute Gasteiger partial charge is 0.353 e. The van der Waals surface area contributed by atoms with Crippen LogP contribution in [0.2, 0.25) is 5.28 Å². The van der Waals surface area contributed by atoms with E-state index >= 15 is 0 Å². The molecule has 1 aliphatic heterocycles. The van der Waals surface area contributed by atoms with E-state index in [-0.39, 0.29) is 0 Å². The number of para-hydroxylation sites is 1. The van der Waals surface area contributed by atoms with Crippen LogP contribution in [0.15, 0.2) is 24.3 Å². The van der Waals surface area contributed by atoms with Gasteiger partial charge in [0.15, 0.2) is 0 Å². The molecule has 0 spiro atoms. The van der Waals surface area contributed by atoms with Crippen molar-refractivity contribution in [3.05, 3.63) is 29.5 Å². The Morgan fingerprint density at radius 2 is 1.84 bits per heavy atom. The molecule has 100 valence electrons. The number of halogens is 1. The number of anilines is 1. The van der Waals surface area contributed by atoms with Crippen LogP contribution in [0.25, 0.3) is 10.9 Å². The molecule has 4 nitrogen and oxygen atoms in total. The normalized spacial score (nSPS) is 23.8. The minimum atomic E-state index is 0.313. The highest BCUT2D eigenvalue weighted by atomic mass is 35.5. The van der Waals surface area contributed by atoms with Crippen molar-refractivity contribution in [3.8, 4) is 0 Å². The molecule has 0 radical (unpaired) electrons. The number of nitrogens with one attached hydrogen (secondary N) is 1. The third-order valence-electron chi connectivity index (χ3n) is 3.41. The summed E-state index contributed by atoms with van der Waals surface area (Å²) in [7, 11) is 0. The lowest BCUT2D eigenvalue weighted by atomic mass is 10.1. The number of hydrogen-bond acceptors (Lipinski definition) is 4. The number of hydrogen-bond donors (Lipinski definition) is 1. The molecule has 0 bridgehead atoms. The fourth-order valence-electron chi connectivity index (χ4n) is 2.77. The monoisotopic (exact) mass is 276 g/mol. The van der Waals surface area contributed by atoms with Crippen LogP contribution in [0.4, 0.5) is 5.82 Å². The molecule has 0 aliphatic carbocycles. The second-order valence-electron chi connectivity index (χ2n) is 5.21. The molecule has 19 heavy (non-hydrogen) atoms. The summed E-state index contributed by atoms with van der Waals surface area (Å²) in [5.74, 6) is 0.941. The van der Waals surface area contributed by atoms with Crippen molar-refractivity contribution in [2.45, 2.75) is 25.9 Å². The molecule has 0 unspecified atom stereocenters. The first kappa shape index (κ1) is 12.6. The van der Waals surface area contributed by atoms with Crippen molar-refractivity contribution in [2.24, 2.45) is 0 Å².